The predicted octanol–water partition coefficient (Wildman–Crippen LogP) is 5.99. The van der Waals surface area contributed by atoms with Crippen LogP contribution in [0.5, 0.6) is 0 Å². The van der Waals surface area contributed by atoms with Gasteiger partial charge in [0.2, 0.25) is 0 Å². The Morgan fingerprint density at radius 3 is 2.09 bits per heavy atom. The third-order valence-corrected chi connectivity index (χ3v) is 6.13. The highest BCUT2D eigenvalue weighted by Gasteiger charge is 2.53. The van der Waals surface area contributed by atoms with Crippen molar-refractivity contribution in [1.29, 1.82) is 0 Å². The number of benzene rings is 2. The summed E-state index contributed by atoms with van der Waals surface area (Å²) in [4.78, 5) is 24.9. The Balaban J connectivity index is 0.00000193. The first-order chi connectivity index (χ1) is 14.7. The van der Waals surface area contributed by atoms with Crippen molar-refractivity contribution in [3.8, 4) is 11.1 Å². The molecule has 0 radical (unpaired) electrons. The van der Waals surface area contributed by atoms with Gasteiger partial charge < -0.3 is 19.9 Å². The Bertz CT molecular complexity index is 951. The van der Waals surface area contributed by atoms with Gasteiger partial charge in [0.05, 0.1) is 11.7 Å². The quantitative estimate of drug-likeness (QED) is 0.579. The lowest BCUT2D eigenvalue weighted by molar-refractivity contribution is -0.156. The molecule has 6 nitrogen and oxygen atoms in total. The largest absolute Gasteiger partial charge is 0.479 e. The summed E-state index contributed by atoms with van der Waals surface area (Å²) in [6, 6.07) is 16.2. The second-order valence-corrected chi connectivity index (χ2v) is 9.34. The minimum Gasteiger partial charge on any atom is -0.479 e. The number of fused-ring (bicyclic) bond motifs is 3. The molecule has 1 amide bonds. The summed E-state index contributed by atoms with van der Waals surface area (Å²) in [5.41, 5.74) is 2.51. The first-order valence-corrected chi connectivity index (χ1v) is 10.8. The van der Waals surface area contributed by atoms with Crippen molar-refractivity contribution in [2.75, 3.05) is 6.61 Å². The summed E-state index contributed by atoms with van der Waals surface area (Å²) >= 11 is 0. The molecule has 1 fully saturated rings. The Morgan fingerprint density at radius 2 is 1.58 bits per heavy atom. The molecule has 2 aromatic carbocycles. The predicted molar refractivity (Wildman–Crippen MR) is 131 cm³/mol. The number of ether oxygens (including phenoxy) is 2. The number of carbonyl (C=O) groups excluding carboxylic acids is 1. The van der Waals surface area contributed by atoms with Crippen LogP contribution in [-0.2, 0) is 14.3 Å². The number of nitrogens with one attached hydrogen (secondary N) is 1. The SMILES string of the molecule is C.C.CC(C)(C)O[C@@H]1CCC[C@]1(NC(=O)OCC1c2ccccc2-c2ccccc21)C(=O)O. The fourth-order valence-corrected chi connectivity index (χ4v) is 4.82. The van der Waals surface area contributed by atoms with Gasteiger partial charge in [-0.15, -0.1) is 0 Å². The molecule has 0 heterocycles. The van der Waals surface area contributed by atoms with E-state index in [0.29, 0.717) is 19.3 Å². The molecule has 2 aliphatic carbocycles. The summed E-state index contributed by atoms with van der Waals surface area (Å²) in [7, 11) is 0. The van der Waals surface area contributed by atoms with E-state index in [0.717, 1.165) is 22.3 Å². The zero-order valence-electron chi connectivity index (χ0n) is 18.2. The molecular formula is C27H37NO5. The number of carbonyl (C=O) groups is 2. The topological polar surface area (TPSA) is 84.9 Å². The number of carboxylic acids is 1. The molecule has 2 atom stereocenters. The Labute approximate surface area is 197 Å². The van der Waals surface area contributed by atoms with E-state index in [-0.39, 0.29) is 27.4 Å². The van der Waals surface area contributed by atoms with Crippen molar-refractivity contribution in [2.45, 2.75) is 78.0 Å². The summed E-state index contributed by atoms with van der Waals surface area (Å²) in [6.45, 7) is 5.78. The van der Waals surface area contributed by atoms with Crippen molar-refractivity contribution >= 4 is 12.1 Å². The average Bonchev–Trinajstić information content (AvgIpc) is 3.25. The molecule has 0 aromatic heterocycles. The number of rotatable bonds is 5. The van der Waals surface area contributed by atoms with Gasteiger partial charge in [0.25, 0.3) is 0 Å². The highest BCUT2D eigenvalue weighted by molar-refractivity contribution is 5.86. The van der Waals surface area contributed by atoms with Gasteiger partial charge in [-0.05, 0) is 62.3 Å². The van der Waals surface area contributed by atoms with Crippen molar-refractivity contribution in [2.24, 2.45) is 0 Å². The molecule has 2 aliphatic rings. The highest BCUT2D eigenvalue weighted by atomic mass is 16.6. The first kappa shape index (κ1) is 26.4. The van der Waals surface area contributed by atoms with Crippen LogP contribution >= 0.6 is 0 Å². The number of carboxylic acid groups (broad SMARTS) is 1. The molecule has 2 aromatic rings. The number of hydrogen-bond donors (Lipinski definition) is 2. The van der Waals surface area contributed by atoms with Gasteiger partial charge in [-0.2, -0.15) is 0 Å². The maximum absolute atomic E-state index is 12.7. The van der Waals surface area contributed by atoms with E-state index in [1.807, 2.05) is 57.2 Å². The molecular weight excluding hydrogens is 418 g/mol. The summed E-state index contributed by atoms with van der Waals surface area (Å²) < 4.78 is 11.6. The van der Waals surface area contributed by atoms with Crippen LogP contribution in [0.15, 0.2) is 48.5 Å². The van der Waals surface area contributed by atoms with E-state index in [9.17, 15) is 14.7 Å². The summed E-state index contributed by atoms with van der Waals surface area (Å²) in [5, 5.41) is 12.6. The van der Waals surface area contributed by atoms with Crippen molar-refractivity contribution < 1.29 is 24.2 Å². The molecule has 6 heteroatoms. The second kappa shape index (κ2) is 9.96. The van der Waals surface area contributed by atoms with Gasteiger partial charge in [0.1, 0.15) is 6.61 Å². The van der Waals surface area contributed by atoms with Crippen LogP contribution in [0.2, 0.25) is 0 Å². The number of aliphatic carboxylic acids is 1. The molecule has 33 heavy (non-hydrogen) atoms. The molecule has 0 spiro atoms. The van der Waals surface area contributed by atoms with E-state index in [4.69, 9.17) is 9.47 Å². The van der Waals surface area contributed by atoms with Crippen LogP contribution in [0.25, 0.3) is 11.1 Å². The second-order valence-electron chi connectivity index (χ2n) is 9.34. The van der Waals surface area contributed by atoms with Crippen LogP contribution in [-0.4, -0.2) is 41.0 Å². The monoisotopic (exact) mass is 455 g/mol. The van der Waals surface area contributed by atoms with Gasteiger partial charge in [-0.25, -0.2) is 9.59 Å². The van der Waals surface area contributed by atoms with E-state index in [1.54, 1.807) is 0 Å². The number of amides is 1. The van der Waals surface area contributed by atoms with E-state index < -0.39 is 29.3 Å². The Morgan fingerprint density at radius 1 is 1.03 bits per heavy atom. The van der Waals surface area contributed by atoms with Crippen molar-refractivity contribution in [1.82, 2.24) is 5.32 Å². The fraction of sp³-hybridized carbons (Fsp3) is 0.481. The third-order valence-electron chi connectivity index (χ3n) is 6.13. The molecule has 0 aliphatic heterocycles. The molecule has 4 rings (SSSR count). The lowest BCUT2D eigenvalue weighted by atomic mass is 9.94. The maximum atomic E-state index is 12.7. The van der Waals surface area contributed by atoms with Crippen LogP contribution in [0.4, 0.5) is 4.79 Å². The van der Waals surface area contributed by atoms with Crippen molar-refractivity contribution in [3.05, 3.63) is 59.7 Å². The molecule has 180 valence electrons. The lowest BCUT2D eigenvalue weighted by Crippen LogP contribution is -2.61. The smallest absolute Gasteiger partial charge is 0.408 e. The van der Waals surface area contributed by atoms with E-state index in [1.165, 1.54) is 0 Å². The van der Waals surface area contributed by atoms with E-state index >= 15 is 0 Å². The van der Waals surface area contributed by atoms with E-state index in [2.05, 4.69) is 17.4 Å². The van der Waals surface area contributed by atoms with Crippen LogP contribution < -0.4 is 5.32 Å². The normalized spacial score (nSPS) is 21.2. The lowest BCUT2D eigenvalue weighted by Gasteiger charge is -2.36. The van der Waals surface area contributed by atoms with Crippen LogP contribution in [0.1, 0.15) is 71.9 Å². The summed E-state index contributed by atoms with van der Waals surface area (Å²) in [6.07, 6.45) is 0.219. The molecule has 0 bridgehead atoms. The standard InChI is InChI=1S/C25H29NO5.2CH4/c1-24(2,3)31-21-13-8-14-25(21,22(27)28)26-23(29)30-15-20-18-11-6-4-9-16(18)17-10-5-7-12-19(17)20;;/h4-7,9-12,20-21H,8,13-15H2,1-3H3,(H,26,29)(H,27,28);2*1H4/t21-,25-;;/m1../s1. The number of alkyl carbamates (subject to hydrolysis) is 1. The minimum absolute atomic E-state index is 0. The van der Waals surface area contributed by atoms with Crippen LogP contribution in [0, 0.1) is 0 Å². The zero-order valence-corrected chi connectivity index (χ0v) is 18.2. The molecule has 0 unspecified atom stereocenters. The van der Waals surface area contributed by atoms with Crippen LogP contribution in [0.3, 0.4) is 0 Å². The summed E-state index contributed by atoms with van der Waals surface area (Å²) in [5.74, 6) is -1.17. The minimum atomic E-state index is -1.48. The Kier molecular flexibility index (Phi) is 7.96. The maximum Gasteiger partial charge on any atom is 0.408 e. The van der Waals surface area contributed by atoms with Gasteiger partial charge in [-0.3, -0.25) is 0 Å². The van der Waals surface area contributed by atoms with Gasteiger partial charge in [0.15, 0.2) is 5.54 Å². The molecule has 2 N–H and O–H groups in total. The third kappa shape index (κ3) is 5.06. The average molecular weight is 456 g/mol. The van der Waals surface area contributed by atoms with Crippen molar-refractivity contribution in [3.63, 3.8) is 0 Å². The first-order valence-electron chi connectivity index (χ1n) is 10.8. The van der Waals surface area contributed by atoms with Gasteiger partial charge in [-0.1, -0.05) is 63.4 Å². The Hall–Kier alpha value is -2.86. The fourth-order valence-electron chi connectivity index (χ4n) is 4.82. The van der Waals surface area contributed by atoms with Gasteiger partial charge >= 0.3 is 12.1 Å². The molecule has 1 saturated carbocycles. The van der Waals surface area contributed by atoms with Gasteiger partial charge in [0, 0.05) is 5.92 Å². The highest BCUT2D eigenvalue weighted by Crippen LogP contribution is 2.44. The number of hydrogen-bond acceptors (Lipinski definition) is 4. The molecule has 0 saturated heterocycles. The zero-order chi connectivity index (χ0) is 22.2.